The van der Waals surface area contributed by atoms with E-state index in [1.807, 2.05) is 0 Å². The van der Waals surface area contributed by atoms with Crippen molar-refractivity contribution in [3.8, 4) is 0 Å². The Labute approximate surface area is 99.5 Å². The number of hydrogen-bond acceptors (Lipinski definition) is 3. The molecule has 0 spiro atoms. The van der Waals surface area contributed by atoms with Crippen LogP contribution in [0, 0.1) is 0 Å². The highest BCUT2D eigenvalue weighted by molar-refractivity contribution is 7.94. The Morgan fingerprint density at radius 3 is 1.73 bits per heavy atom. The second-order valence-electron chi connectivity index (χ2n) is 4.10. The number of hydrogen-bond donors (Lipinski definition) is 1. The summed E-state index contributed by atoms with van der Waals surface area (Å²) < 4.78 is 4.44. The molecule has 15 heavy (non-hydrogen) atoms. The first-order chi connectivity index (χ1) is 7.41. The summed E-state index contributed by atoms with van der Waals surface area (Å²) in [6.07, 6.45) is 13.8. The largest absolute Gasteiger partial charge is 0.234 e. The monoisotopic (exact) mass is 233 g/mol. The lowest BCUT2D eigenvalue weighted by Gasteiger charge is -2.01. The van der Waals surface area contributed by atoms with Gasteiger partial charge in [0.1, 0.15) is 0 Å². The van der Waals surface area contributed by atoms with Crippen LogP contribution in [-0.4, -0.2) is 5.75 Å². The zero-order valence-electron chi connectivity index (χ0n) is 10.2. The molecule has 0 atom stereocenters. The number of nitrogens with two attached hydrogens (primary N) is 1. The van der Waals surface area contributed by atoms with Gasteiger partial charge in [-0.2, -0.15) is 0 Å². The standard InChI is InChI=1S/C12H27NOS/c1-2-3-4-5-6-7-8-9-10-11-12-15-14-13/h2-13H2,1H3. The first kappa shape index (κ1) is 15.3. The summed E-state index contributed by atoms with van der Waals surface area (Å²) in [5, 5.41) is 0. The highest BCUT2D eigenvalue weighted by Crippen LogP contribution is 2.11. The summed E-state index contributed by atoms with van der Waals surface area (Å²) in [6, 6.07) is 0. The third-order valence-electron chi connectivity index (χ3n) is 2.65. The molecule has 0 fully saturated rings. The molecule has 92 valence electrons. The van der Waals surface area contributed by atoms with E-state index < -0.39 is 0 Å². The molecule has 0 bridgehead atoms. The van der Waals surface area contributed by atoms with E-state index in [0.29, 0.717) is 0 Å². The fourth-order valence-electron chi connectivity index (χ4n) is 1.70. The summed E-state index contributed by atoms with van der Waals surface area (Å²) in [4.78, 5) is 0. The topological polar surface area (TPSA) is 35.2 Å². The Morgan fingerprint density at radius 2 is 1.27 bits per heavy atom. The van der Waals surface area contributed by atoms with Crippen molar-refractivity contribution in [2.24, 2.45) is 5.90 Å². The van der Waals surface area contributed by atoms with E-state index >= 15 is 0 Å². The number of unbranched alkanes of at least 4 members (excludes halogenated alkanes) is 9. The number of rotatable bonds is 12. The predicted octanol–water partition coefficient (Wildman–Crippen LogP) is 4.45. The van der Waals surface area contributed by atoms with Crippen LogP contribution < -0.4 is 5.90 Å². The summed E-state index contributed by atoms with van der Waals surface area (Å²) >= 11 is 1.36. The van der Waals surface area contributed by atoms with E-state index in [9.17, 15) is 0 Å². The molecule has 0 saturated heterocycles. The van der Waals surface area contributed by atoms with Gasteiger partial charge in [-0.05, 0) is 6.42 Å². The van der Waals surface area contributed by atoms with Gasteiger partial charge in [0.15, 0.2) is 0 Å². The average molecular weight is 233 g/mol. The van der Waals surface area contributed by atoms with Crippen molar-refractivity contribution in [2.45, 2.75) is 71.1 Å². The van der Waals surface area contributed by atoms with Crippen molar-refractivity contribution in [3.63, 3.8) is 0 Å². The second-order valence-corrected chi connectivity index (χ2v) is 4.94. The smallest absolute Gasteiger partial charge is 0.0217 e. The molecule has 0 aromatic heterocycles. The SMILES string of the molecule is CCCCCCCCCCCCSON. The van der Waals surface area contributed by atoms with E-state index in [4.69, 9.17) is 5.90 Å². The molecule has 2 nitrogen and oxygen atoms in total. The highest BCUT2D eigenvalue weighted by Gasteiger charge is 1.92. The van der Waals surface area contributed by atoms with E-state index in [0.717, 1.165) is 5.75 Å². The van der Waals surface area contributed by atoms with Crippen molar-refractivity contribution < 1.29 is 4.28 Å². The molecule has 0 heterocycles. The molecule has 0 rings (SSSR count). The minimum absolute atomic E-state index is 1.03. The molecule has 0 unspecified atom stereocenters. The van der Waals surface area contributed by atoms with Gasteiger partial charge >= 0.3 is 0 Å². The maximum absolute atomic E-state index is 4.91. The predicted molar refractivity (Wildman–Crippen MR) is 69.6 cm³/mol. The lowest BCUT2D eigenvalue weighted by atomic mass is 10.1. The third kappa shape index (κ3) is 14.3. The van der Waals surface area contributed by atoms with Crippen LogP contribution in [0.25, 0.3) is 0 Å². The first-order valence-corrected chi connectivity index (χ1v) is 7.31. The summed E-state index contributed by atoms with van der Waals surface area (Å²) in [5.74, 6) is 5.95. The Hall–Kier alpha value is 0.270. The molecule has 0 saturated carbocycles. The molecule has 0 aliphatic carbocycles. The van der Waals surface area contributed by atoms with E-state index in [1.54, 1.807) is 0 Å². The van der Waals surface area contributed by atoms with Gasteiger partial charge in [0.05, 0.1) is 0 Å². The molecule has 0 amide bonds. The fraction of sp³-hybridized carbons (Fsp3) is 1.00. The minimum Gasteiger partial charge on any atom is -0.234 e. The third-order valence-corrected chi connectivity index (χ3v) is 3.24. The highest BCUT2D eigenvalue weighted by atomic mass is 32.2. The Balaban J connectivity index is 2.81. The minimum atomic E-state index is 1.03. The molecule has 3 heteroatoms. The summed E-state index contributed by atoms with van der Waals surface area (Å²) in [7, 11) is 0. The van der Waals surface area contributed by atoms with E-state index in [-0.39, 0.29) is 0 Å². The van der Waals surface area contributed by atoms with Crippen LogP contribution in [0.15, 0.2) is 0 Å². The average Bonchev–Trinajstić information content (AvgIpc) is 2.26. The quantitative estimate of drug-likeness (QED) is 0.307. The van der Waals surface area contributed by atoms with Crippen molar-refractivity contribution in [1.82, 2.24) is 0 Å². The van der Waals surface area contributed by atoms with E-state index in [2.05, 4.69) is 11.2 Å². The maximum atomic E-state index is 4.91. The van der Waals surface area contributed by atoms with Crippen LogP contribution in [0.2, 0.25) is 0 Å². The fourth-order valence-corrected chi connectivity index (χ4v) is 2.11. The Morgan fingerprint density at radius 1 is 0.800 bits per heavy atom. The van der Waals surface area contributed by atoms with Gasteiger partial charge in [-0.3, -0.25) is 0 Å². The molecular weight excluding hydrogens is 206 g/mol. The molecule has 0 aromatic rings. The van der Waals surface area contributed by atoms with Gasteiger partial charge in [-0.1, -0.05) is 64.7 Å². The van der Waals surface area contributed by atoms with Gasteiger partial charge < -0.3 is 0 Å². The van der Waals surface area contributed by atoms with Gasteiger partial charge in [0, 0.05) is 17.8 Å². The van der Waals surface area contributed by atoms with Crippen molar-refractivity contribution >= 4 is 12.0 Å². The van der Waals surface area contributed by atoms with Crippen molar-refractivity contribution in [2.75, 3.05) is 5.75 Å². The molecular formula is C12H27NOS. The van der Waals surface area contributed by atoms with Crippen LogP contribution >= 0.6 is 12.0 Å². The van der Waals surface area contributed by atoms with Crippen LogP contribution in [0.3, 0.4) is 0 Å². The molecule has 0 aromatic carbocycles. The zero-order valence-corrected chi connectivity index (χ0v) is 11.0. The maximum Gasteiger partial charge on any atom is 0.0217 e. The first-order valence-electron chi connectivity index (χ1n) is 6.40. The lowest BCUT2D eigenvalue weighted by molar-refractivity contribution is 0.397. The Kier molecular flexibility index (Phi) is 14.5. The molecule has 0 aliphatic rings. The van der Waals surface area contributed by atoms with Gasteiger partial charge in [0.25, 0.3) is 0 Å². The second kappa shape index (κ2) is 14.3. The molecule has 0 aliphatic heterocycles. The normalized spacial score (nSPS) is 10.8. The van der Waals surface area contributed by atoms with Gasteiger partial charge in [-0.15, -0.1) is 0 Å². The lowest BCUT2D eigenvalue weighted by Crippen LogP contribution is -1.90. The van der Waals surface area contributed by atoms with Crippen LogP contribution in [0.1, 0.15) is 71.1 Å². The van der Waals surface area contributed by atoms with E-state index in [1.165, 1.54) is 76.3 Å². The van der Waals surface area contributed by atoms with Crippen LogP contribution in [-0.2, 0) is 4.28 Å². The summed E-state index contributed by atoms with van der Waals surface area (Å²) in [5.41, 5.74) is 0. The van der Waals surface area contributed by atoms with Crippen LogP contribution in [0.4, 0.5) is 0 Å². The molecule has 0 radical (unpaired) electrons. The van der Waals surface area contributed by atoms with Crippen LogP contribution in [0.5, 0.6) is 0 Å². The summed E-state index contributed by atoms with van der Waals surface area (Å²) in [6.45, 7) is 2.27. The van der Waals surface area contributed by atoms with Crippen molar-refractivity contribution in [1.29, 1.82) is 0 Å². The zero-order chi connectivity index (χ0) is 11.2. The van der Waals surface area contributed by atoms with Crippen molar-refractivity contribution in [3.05, 3.63) is 0 Å². The molecule has 2 N–H and O–H groups in total. The van der Waals surface area contributed by atoms with Gasteiger partial charge in [-0.25, -0.2) is 10.2 Å². The Bertz CT molecular complexity index is 99.8. The van der Waals surface area contributed by atoms with Gasteiger partial charge in [0.2, 0.25) is 0 Å².